The van der Waals surface area contributed by atoms with Gasteiger partial charge in [0, 0.05) is 49.2 Å². The Morgan fingerprint density at radius 1 is 1.14 bits per heavy atom. The molecule has 3 heterocycles. The minimum Gasteiger partial charge on any atom is -0.358 e. The Morgan fingerprint density at radius 3 is 2.53 bits per heavy atom. The van der Waals surface area contributed by atoms with Crippen molar-refractivity contribution in [2.45, 2.75) is 39.0 Å². The summed E-state index contributed by atoms with van der Waals surface area (Å²) in [7, 11) is 0. The first-order valence-electron chi connectivity index (χ1n) is 11.8. The summed E-state index contributed by atoms with van der Waals surface area (Å²) in [5.41, 5.74) is 3.31. The molecular formula is C27H26F2N4O3. The maximum absolute atomic E-state index is 13.5. The third-order valence-electron chi connectivity index (χ3n) is 6.80. The van der Waals surface area contributed by atoms with E-state index in [1.165, 1.54) is 6.92 Å². The zero-order valence-electron chi connectivity index (χ0n) is 20.0. The number of anilines is 1. The SMILES string of the molecule is CC(=O)Nc1cc(-c2[nH]c3c(c2Cc2ccccc2)C(=O)CC(C)(C(=O)N2CC(F)(F)C2)C3)ccn1. The van der Waals surface area contributed by atoms with E-state index in [2.05, 4.69) is 15.3 Å². The number of hydrogen-bond donors (Lipinski definition) is 2. The summed E-state index contributed by atoms with van der Waals surface area (Å²) in [5, 5.41) is 2.67. The van der Waals surface area contributed by atoms with E-state index < -0.39 is 30.3 Å². The monoisotopic (exact) mass is 492 g/mol. The first-order chi connectivity index (χ1) is 17.0. The summed E-state index contributed by atoms with van der Waals surface area (Å²) in [4.78, 5) is 46.9. The molecule has 5 rings (SSSR count). The van der Waals surface area contributed by atoms with Crippen molar-refractivity contribution in [3.8, 4) is 11.3 Å². The highest BCUT2D eigenvalue weighted by Crippen LogP contribution is 2.43. The second-order valence-electron chi connectivity index (χ2n) is 9.96. The number of aromatic amines is 1. The number of alkyl halides is 2. The molecule has 2 aliphatic rings. The topological polar surface area (TPSA) is 95.2 Å². The fourth-order valence-electron chi connectivity index (χ4n) is 5.21. The molecule has 1 aliphatic carbocycles. The van der Waals surface area contributed by atoms with Crippen LogP contribution in [-0.4, -0.2) is 51.5 Å². The number of rotatable bonds is 5. The van der Waals surface area contributed by atoms with Crippen LogP contribution >= 0.6 is 0 Å². The highest BCUT2D eigenvalue weighted by Gasteiger charge is 2.52. The van der Waals surface area contributed by atoms with Gasteiger partial charge in [-0.1, -0.05) is 30.3 Å². The summed E-state index contributed by atoms with van der Waals surface area (Å²) in [5.74, 6) is -3.36. The lowest BCUT2D eigenvalue weighted by Crippen LogP contribution is -2.62. The molecule has 1 unspecified atom stereocenters. The van der Waals surface area contributed by atoms with E-state index in [9.17, 15) is 23.2 Å². The Kier molecular flexibility index (Phi) is 5.73. The molecule has 2 amide bonds. The lowest BCUT2D eigenvalue weighted by molar-refractivity contribution is -0.174. The van der Waals surface area contributed by atoms with Crippen LogP contribution in [0.25, 0.3) is 11.3 Å². The number of likely N-dealkylation sites (tertiary alicyclic amines) is 1. The van der Waals surface area contributed by atoms with Gasteiger partial charge in [-0.2, -0.15) is 0 Å². The summed E-state index contributed by atoms with van der Waals surface area (Å²) in [6.07, 6.45) is 2.24. The zero-order chi connectivity index (χ0) is 25.7. The van der Waals surface area contributed by atoms with E-state index >= 15 is 0 Å². The summed E-state index contributed by atoms with van der Waals surface area (Å²) < 4.78 is 26.8. The molecular weight excluding hydrogens is 466 g/mol. The van der Waals surface area contributed by atoms with Crippen LogP contribution in [0, 0.1) is 5.41 Å². The van der Waals surface area contributed by atoms with Gasteiger partial charge in [0.15, 0.2) is 5.78 Å². The van der Waals surface area contributed by atoms with Crippen molar-refractivity contribution < 1.29 is 23.2 Å². The van der Waals surface area contributed by atoms with Crippen molar-refractivity contribution >= 4 is 23.4 Å². The van der Waals surface area contributed by atoms with E-state index in [0.717, 1.165) is 21.6 Å². The van der Waals surface area contributed by atoms with Crippen molar-refractivity contribution in [2.75, 3.05) is 18.4 Å². The van der Waals surface area contributed by atoms with Crippen LogP contribution in [-0.2, 0) is 22.4 Å². The lowest BCUT2D eigenvalue weighted by Gasteiger charge is -2.44. The van der Waals surface area contributed by atoms with E-state index in [1.54, 1.807) is 25.3 Å². The first-order valence-corrected chi connectivity index (χ1v) is 11.8. The molecule has 1 fully saturated rings. The van der Waals surface area contributed by atoms with Gasteiger partial charge in [0.05, 0.1) is 24.2 Å². The molecule has 0 spiro atoms. The number of amides is 2. The van der Waals surface area contributed by atoms with Gasteiger partial charge in [-0.15, -0.1) is 0 Å². The van der Waals surface area contributed by atoms with Gasteiger partial charge in [0.2, 0.25) is 11.8 Å². The van der Waals surface area contributed by atoms with E-state index in [1.807, 2.05) is 30.3 Å². The average molecular weight is 493 g/mol. The third kappa shape index (κ3) is 4.41. The Labute approximate surface area is 206 Å². The predicted octanol–water partition coefficient (Wildman–Crippen LogP) is 4.24. The first kappa shape index (κ1) is 23.8. The predicted molar refractivity (Wildman–Crippen MR) is 130 cm³/mol. The standard InChI is InChI=1S/C27H26F2N4O3/c1-16(34)31-22-11-18(8-9-30-22)24-19(10-17-6-4-3-5-7-17)23-20(32-24)12-26(2,13-21(23)35)25(36)33-14-27(28,29)15-33/h3-9,11,32H,10,12-15H2,1-2H3,(H,30,31,34). The molecule has 2 aromatic heterocycles. The van der Waals surface area contributed by atoms with E-state index in [4.69, 9.17) is 0 Å². The highest BCUT2D eigenvalue weighted by molar-refractivity contribution is 6.05. The van der Waals surface area contributed by atoms with E-state index in [-0.39, 0.29) is 24.5 Å². The number of benzene rings is 1. The quantitative estimate of drug-likeness (QED) is 0.557. The minimum atomic E-state index is -2.87. The number of nitrogens with zero attached hydrogens (tertiary/aromatic N) is 2. The van der Waals surface area contributed by atoms with Gasteiger partial charge in [-0.25, -0.2) is 13.8 Å². The fraction of sp³-hybridized carbons (Fsp3) is 0.333. The van der Waals surface area contributed by atoms with Crippen LogP contribution in [0.4, 0.5) is 14.6 Å². The number of carbonyl (C=O) groups excluding carboxylic acids is 3. The number of ketones is 1. The summed E-state index contributed by atoms with van der Waals surface area (Å²) in [6.45, 7) is 1.85. The van der Waals surface area contributed by atoms with Crippen LogP contribution in [0.2, 0.25) is 0 Å². The Hall–Kier alpha value is -3.88. The number of fused-ring (bicyclic) bond motifs is 1. The number of halogens is 2. The average Bonchev–Trinajstić information content (AvgIpc) is 3.15. The molecule has 9 heteroatoms. The van der Waals surface area contributed by atoms with Gasteiger partial charge in [0.25, 0.3) is 5.92 Å². The van der Waals surface area contributed by atoms with Crippen LogP contribution in [0.15, 0.2) is 48.7 Å². The van der Waals surface area contributed by atoms with Crippen LogP contribution < -0.4 is 5.32 Å². The molecule has 1 saturated heterocycles. The number of H-pyrrole nitrogens is 1. The lowest BCUT2D eigenvalue weighted by atomic mass is 9.72. The van der Waals surface area contributed by atoms with Crippen LogP contribution in [0.1, 0.15) is 47.4 Å². The Balaban J connectivity index is 1.56. The maximum Gasteiger partial charge on any atom is 0.282 e. The summed E-state index contributed by atoms with van der Waals surface area (Å²) >= 11 is 0. The molecule has 1 atom stereocenters. The number of pyridine rings is 1. The van der Waals surface area contributed by atoms with Gasteiger partial charge in [0.1, 0.15) is 5.82 Å². The molecule has 0 bridgehead atoms. The molecule has 186 valence electrons. The number of aromatic nitrogens is 2. The second-order valence-corrected chi connectivity index (χ2v) is 9.96. The van der Waals surface area contributed by atoms with Gasteiger partial charge in [-0.3, -0.25) is 14.4 Å². The normalized spacial score (nSPS) is 20.4. The largest absolute Gasteiger partial charge is 0.358 e. The Morgan fingerprint density at radius 2 is 1.86 bits per heavy atom. The Bertz CT molecular complexity index is 1360. The number of hydrogen-bond acceptors (Lipinski definition) is 4. The van der Waals surface area contributed by atoms with Crippen molar-refractivity contribution in [3.05, 3.63) is 71.0 Å². The molecule has 36 heavy (non-hydrogen) atoms. The molecule has 2 N–H and O–H groups in total. The zero-order valence-corrected chi connectivity index (χ0v) is 20.0. The van der Waals surface area contributed by atoms with Crippen molar-refractivity contribution in [3.63, 3.8) is 0 Å². The third-order valence-corrected chi connectivity index (χ3v) is 6.80. The molecule has 1 aliphatic heterocycles. The van der Waals surface area contributed by atoms with Crippen LogP contribution in [0.3, 0.4) is 0 Å². The van der Waals surface area contributed by atoms with Gasteiger partial charge >= 0.3 is 0 Å². The number of nitrogens with one attached hydrogen (secondary N) is 2. The minimum absolute atomic E-state index is 0.0481. The van der Waals surface area contributed by atoms with Crippen molar-refractivity contribution in [2.24, 2.45) is 5.41 Å². The molecule has 3 aromatic rings. The van der Waals surface area contributed by atoms with Crippen molar-refractivity contribution in [1.82, 2.24) is 14.9 Å². The molecule has 1 aromatic carbocycles. The highest BCUT2D eigenvalue weighted by atomic mass is 19.3. The molecule has 0 saturated carbocycles. The number of carbonyl (C=O) groups is 3. The van der Waals surface area contributed by atoms with Crippen molar-refractivity contribution in [1.29, 1.82) is 0 Å². The second kappa shape index (κ2) is 8.65. The van der Waals surface area contributed by atoms with Gasteiger partial charge < -0.3 is 15.2 Å². The van der Waals surface area contributed by atoms with Gasteiger partial charge in [-0.05, 0) is 30.2 Å². The van der Waals surface area contributed by atoms with E-state index in [0.29, 0.717) is 29.2 Å². The molecule has 0 radical (unpaired) electrons. The fourth-order valence-corrected chi connectivity index (χ4v) is 5.21. The van der Waals surface area contributed by atoms with Crippen LogP contribution in [0.5, 0.6) is 0 Å². The summed E-state index contributed by atoms with van der Waals surface area (Å²) in [6, 6.07) is 13.2. The smallest absolute Gasteiger partial charge is 0.282 e. The maximum atomic E-state index is 13.5. The number of Topliss-reactive ketones (excluding diaryl/α,β-unsaturated/α-hetero) is 1. The molecule has 7 nitrogen and oxygen atoms in total.